The molecule has 1 fully saturated rings. The van der Waals surface area contributed by atoms with Crippen LogP contribution in [0.4, 0.5) is 0 Å². The van der Waals surface area contributed by atoms with Crippen LogP contribution in [-0.2, 0) is 21.5 Å². The monoisotopic (exact) mass is 316 g/mol. The Balaban J connectivity index is 1.86. The Labute approximate surface area is 124 Å². The highest BCUT2D eigenvalue weighted by molar-refractivity contribution is 7.87. The summed E-state index contributed by atoms with van der Waals surface area (Å²) in [7, 11) is -3.74. The lowest BCUT2D eigenvalue weighted by atomic mass is 10.1. The number of aryl methyl sites for hydroxylation is 1. The van der Waals surface area contributed by atoms with Gasteiger partial charge in [0.1, 0.15) is 6.04 Å². The molecule has 118 valence electrons. The van der Waals surface area contributed by atoms with Crippen molar-refractivity contribution >= 4 is 16.2 Å². The first-order valence-corrected chi connectivity index (χ1v) is 8.40. The van der Waals surface area contributed by atoms with Crippen LogP contribution in [0.5, 0.6) is 0 Å². The zero-order chi connectivity index (χ0) is 15.3. The van der Waals surface area contributed by atoms with E-state index in [4.69, 9.17) is 5.11 Å². The SMILES string of the molecule is O=C(O)C1CCCCN1S(=O)(=O)NCCCn1ccnc1. The number of rotatable bonds is 7. The lowest BCUT2D eigenvalue weighted by molar-refractivity contribution is -0.142. The van der Waals surface area contributed by atoms with E-state index in [0.717, 1.165) is 10.7 Å². The number of carboxylic acid groups (broad SMARTS) is 1. The fraction of sp³-hybridized carbons (Fsp3) is 0.667. The van der Waals surface area contributed by atoms with E-state index < -0.39 is 22.2 Å². The summed E-state index contributed by atoms with van der Waals surface area (Å²) in [6, 6.07) is -0.954. The summed E-state index contributed by atoms with van der Waals surface area (Å²) < 4.78 is 29.8. The largest absolute Gasteiger partial charge is 0.480 e. The average Bonchev–Trinajstić information content (AvgIpc) is 2.97. The van der Waals surface area contributed by atoms with Crippen molar-refractivity contribution in [2.24, 2.45) is 0 Å². The van der Waals surface area contributed by atoms with Crippen LogP contribution >= 0.6 is 0 Å². The summed E-state index contributed by atoms with van der Waals surface area (Å²) in [5.74, 6) is -1.08. The Morgan fingerprint density at radius 2 is 2.24 bits per heavy atom. The molecule has 2 N–H and O–H groups in total. The highest BCUT2D eigenvalue weighted by Gasteiger charge is 2.36. The molecule has 1 aliphatic heterocycles. The van der Waals surface area contributed by atoms with Crippen molar-refractivity contribution in [3.8, 4) is 0 Å². The van der Waals surface area contributed by atoms with E-state index in [1.165, 1.54) is 0 Å². The van der Waals surface area contributed by atoms with Gasteiger partial charge >= 0.3 is 5.97 Å². The number of nitrogens with one attached hydrogen (secondary N) is 1. The van der Waals surface area contributed by atoms with E-state index in [2.05, 4.69) is 9.71 Å². The van der Waals surface area contributed by atoms with E-state index in [9.17, 15) is 13.2 Å². The van der Waals surface area contributed by atoms with Gasteiger partial charge in [0.05, 0.1) is 6.33 Å². The van der Waals surface area contributed by atoms with E-state index in [-0.39, 0.29) is 13.1 Å². The van der Waals surface area contributed by atoms with Gasteiger partial charge in [0, 0.05) is 32.0 Å². The smallest absolute Gasteiger partial charge is 0.322 e. The third-order valence-corrected chi connectivity index (χ3v) is 5.11. The van der Waals surface area contributed by atoms with Crippen LogP contribution < -0.4 is 4.72 Å². The molecule has 1 saturated heterocycles. The van der Waals surface area contributed by atoms with Crippen molar-refractivity contribution < 1.29 is 18.3 Å². The van der Waals surface area contributed by atoms with Crippen molar-refractivity contribution in [3.63, 3.8) is 0 Å². The van der Waals surface area contributed by atoms with Crippen LogP contribution in [0.2, 0.25) is 0 Å². The van der Waals surface area contributed by atoms with Crippen molar-refractivity contribution in [2.75, 3.05) is 13.1 Å². The van der Waals surface area contributed by atoms with Crippen LogP contribution in [0, 0.1) is 0 Å². The average molecular weight is 316 g/mol. The number of piperidine rings is 1. The third-order valence-electron chi connectivity index (χ3n) is 3.48. The highest BCUT2D eigenvalue weighted by atomic mass is 32.2. The molecule has 0 bridgehead atoms. The Kier molecular flexibility index (Phi) is 5.32. The van der Waals surface area contributed by atoms with Gasteiger partial charge in [0.15, 0.2) is 0 Å². The molecular formula is C12H20N4O4S. The van der Waals surface area contributed by atoms with Gasteiger partial charge in [-0.05, 0) is 25.7 Å². The number of carboxylic acids is 1. The second-order valence-electron chi connectivity index (χ2n) is 5.01. The zero-order valence-electron chi connectivity index (χ0n) is 11.7. The fourth-order valence-corrected chi connectivity index (χ4v) is 3.87. The Morgan fingerprint density at radius 1 is 1.43 bits per heavy atom. The van der Waals surface area contributed by atoms with E-state index in [0.29, 0.717) is 25.8 Å². The molecule has 2 heterocycles. The van der Waals surface area contributed by atoms with Gasteiger partial charge < -0.3 is 9.67 Å². The summed E-state index contributed by atoms with van der Waals surface area (Å²) in [6.07, 6.45) is 7.55. The maximum absolute atomic E-state index is 12.2. The van der Waals surface area contributed by atoms with Crippen molar-refractivity contribution in [1.29, 1.82) is 0 Å². The molecule has 0 spiro atoms. The molecule has 1 atom stereocenters. The minimum atomic E-state index is -3.74. The van der Waals surface area contributed by atoms with Crippen LogP contribution in [0.15, 0.2) is 18.7 Å². The molecule has 0 aromatic carbocycles. The number of aromatic nitrogens is 2. The van der Waals surface area contributed by atoms with Gasteiger partial charge in [-0.2, -0.15) is 12.7 Å². The number of hydrogen-bond donors (Lipinski definition) is 2. The van der Waals surface area contributed by atoms with Gasteiger partial charge in [-0.3, -0.25) is 4.79 Å². The molecule has 0 amide bonds. The molecule has 1 unspecified atom stereocenters. The highest BCUT2D eigenvalue weighted by Crippen LogP contribution is 2.19. The van der Waals surface area contributed by atoms with Gasteiger partial charge in [-0.15, -0.1) is 0 Å². The minimum absolute atomic E-state index is 0.258. The molecule has 1 aromatic rings. The molecule has 21 heavy (non-hydrogen) atoms. The van der Waals surface area contributed by atoms with E-state index >= 15 is 0 Å². The molecule has 0 saturated carbocycles. The Morgan fingerprint density at radius 3 is 2.90 bits per heavy atom. The quantitative estimate of drug-likeness (QED) is 0.692. The zero-order valence-corrected chi connectivity index (χ0v) is 12.5. The molecule has 2 rings (SSSR count). The number of nitrogens with zero attached hydrogens (tertiary/aromatic N) is 3. The summed E-state index contributed by atoms with van der Waals surface area (Å²) in [6.45, 7) is 1.18. The van der Waals surface area contributed by atoms with E-state index in [1.54, 1.807) is 18.7 Å². The second kappa shape index (κ2) is 7.01. The third kappa shape index (κ3) is 4.26. The molecule has 8 nitrogen and oxygen atoms in total. The number of imidazole rings is 1. The second-order valence-corrected chi connectivity index (χ2v) is 6.72. The molecule has 9 heteroatoms. The molecule has 0 radical (unpaired) electrons. The summed E-state index contributed by atoms with van der Waals surface area (Å²) in [4.78, 5) is 15.1. The number of carbonyl (C=O) groups is 1. The summed E-state index contributed by atoms with van der Waals surface area (Å²) >= 11 is 0. The molecule has 1 aromatic heterocycles. The van der Waals surface area contributed by atoms with Gasteiger partial charge in [0.25, 0.3) is 10.2 Å². The Hall–Kier alpha value is -1.45. The van der Waals surface area contributed by atoms with Crippen LogP contribution in [0.25, 0.3) is 0 Å². The first-order chi connectivity index (χ1) is 10.0. The lowest BCUT2D eigenvalue weighted by Crippen LogP contribution is -2.52. The maximum Gasteiger partial charge on any atom is 0.322 e. The van der Waals surface area contributed by atoms with Gasteiger partial charge in [0.2, 0.25) is 0 Å². The number of aliphatic carboxylic acids is 1. The Bertz CT molecular complexity index is 558. The molecule has 1 aliphatic rings. The minimum Gasteiger partial charge on any atom is -0.480 e. The molecular weight excluding hydrogens is 296 g/mol. The first-order valence-electron chi connectivity index (χ1n) is 6.96. The maximum atomic E-state index is 12.2. The predicted molar refractivity (Wildman–Crippen MR) is 75.7 cm³/mol. The van der Waals surface area contributed by atoms with Gasteiger partial charge in [-0.25, -0.2) is 9.71 Å². The predicted octanol–water partition coefficient (Wildman–Crippen LogP) is 0.0467. The van der Waals surface area contributed by atoms with Crippen LogP contribution in [-0.4, -0.2) is 52.5 Å². The summed E-state index contributed by atoms with van der Waals surface area (Å²) in [5.41, 5.74) is 0. The van der Waals surface area contributed by atoms with Crippen molar-refractivity contribution in [1.82, 2.24) is 18.6 Å². The number of hydrogen-bond acceptors (Lipinski definition) is 4. The normalized spacial score (nSPS) is 20.5. The molecule has 0 aliphatic carbocycles. The fourth-order valence-electron chi connectivity index (χ4n) is 2.40. The van der Waals surface area contributed by atoms with Crippen molar-refractivity contribution in [3.05, 3.63) is 18.7 Å². The lowest BCUT2D eigenvalue weighted by Gasteiger charge is -2.31. The first kappa shape index (κ1) is 15.9. The topological polar surface area (TPSA) is 105 Å². The standard InChI is InChI=1S/C12H20N4O4S/c17-12(18)11-4-1-2-8-16(11)21(19,20)14-5-3-7-15-9-6-13-10-15/h6,9-11,14H,1-5,7-8H2,(H,17,18). The van der Waals surface area contributed by atoms with E-state index in [1.807, 2.05) is 4.57 Å². The van der Waals surface area contributed by atoms with Crippen LogP contribution in [0.1, 0.15) is 25.7 Å². The summed E-state index contributed by atoms with van der Waals surface area (Å²) in [5, 5.41) is 9.12. The van der Waals surface area contributed by atoms with Gasteiger partial charge in [-0.1, -0.05) is 0 Å². The van der Waals surface area contributed by atoms with Crippen molar-refractivity contribution in [2.45, 2.75) is 38.3 Å². The van der Waals surface area contributed by atoms with Crippen LogP contribution in [0.3, 0.4) is 0 Å².